The van der Waals surface area contributed by atoms with E-state index in [9.17, 15) is 9.18 Å². The summed E-state index contributed by atoms with van der Waals surface area (Å²) >= 11 is 0. The van der Waals surface area contributed by atoms with Gasteiger partial charge in [0.15, 0.2) is 5.82 Å². The van der Waals surface area contributed by atoms with E-state index in [0.717, 1.165) is 23.5 Å². The number of aromatic nitrogens is 3. The van der Waals surface area contributed by atoms with E-state index in [4.69, 9.17) is 0 Å². The van der Waals surface area contributed by atoms with Gasteiger partial charge in [-0.05, 0) is 42.7 Å². The third kappa shape index (κ3) is 3.65. The minimum absolute atomic E-state index is 0.0547. The van der Waals surface area contributed by atoms with Gasteiger partial charge in [0.05, 0.1) is 6.04 Å². The molecular weight excluding hydrogens is 369 g/mol. The van der Waals surface area contributed by atoms with E-state index in [-0.39, 0.29) is 17.8 Å². The summed E-state index contributed by atoms with van der Waals surface area (Å²) in [5.41, 5.74) is 2.29. The van der Waals surface area contributed by atoms with Crippen LogP contribution in [0.3, 0.4) is 0 Å². The average molecular weight is 391 g/mol. The van der Waals surface area contributed by atoms with E-state index in [0.29, 0.717) is 30.4 Å². The molecule has 0 bridgehead atoms. The van der Waals surface area contributed by atoms with Gasteiger partial charge in [-0.1, -0.05) is 24.3 Å². The minimum Gasteiger partial charge on any atom is -0.329 e. The number of nitrogens with one attached hydrogen (secondary N) is 2. The highest BCUT2D eigenvalue weighted by atomic mass is 19.1. The molecule has 1 aromatic heterocycles. The number of benzene rings is 2. The minimum atomic E-state index is -0.290. The SMILES string of the molecule is O=C(c1ccc(-c2n[nH]c(C3CC3)n2)cc1)N1CCNCC1c1cccc(F)c1. The van der Waals surface area contributed by atoms with Crippen molar-refractivity contribution in [3.63, 3.8) is 0 Å². The first kappa shape index (κ1) is 18.0. The lowest BCUT2D eigenvalue weighted by Gasteiger charge is -2.36. The number of hydrogen-bond donors (Lipinski definition) is 2. The van der Waals surface area contributed by atoms with Gasteiger partial charge in [0, 0.05) is 36.7 Å². The summed E-state index contributed by atoms with van der Waals surface area (Å²) in [7, 11) is 0. The molecule has 2 aliphatic rings. The third-order valence-electron chi connectivity index (χ3n) is 5.59. The Morgan fingerprint density at radius 2 is 1.97 bits per heavy atom. The fourth-order valence-corrected chi connectivity index (χ4v) is 3.83. The van der Waals surface area contributed by atoms with Crippen LogP contribution in [0.4, 0.5) is 4.39 Å². The number of rotatable bonds is 4. The molecule has 148 valence electrons. The lowest BCUT2D eigenvalue weighted by atomic mass is 10.0. The zero-order valence-corrected chi connectivity index (χ0v) is 15.9. The molecule has 1 atom stereocenters. The average Bonchev–Trinajstić information content (AvgIpc) is 3.50. The highest BCUT2D eigenvalue weighted by Crippen LogP contribution is 2.38. The van der Waals surface area contributed by atoms with Crippen molar-refractivity contribution in [2.24, 2.45) is 0 Å². The highest BCUT2D eigenvalue weighted by molar-refractivity contribution is 5.95. The van der Waals surface area contributed by atoms with Crippen molar-refractivity contribution >= 4 is 5.91 Å². The van der Waals surface area contributed by atoms with Crippen LogP contribution in [0.15, 0.2) is 48.5 Å². The first-order valence-corrected chi connectivity index (χ1v) is 9.99. The van der Waals surface area contributed by atoms with Crippen molar-refractivity contribution in [1.82, 2.24) is 25.4 Å². The van der Waals surface area contributed by atoms with Crippen LogP contribution >= 0.6 is 0 Å². The van der Waals surface area contributed by atoms with E-state index >= 15 is 0 Å². The normalized spacial score (nSPS) is 19.3. The van der Waals surface area contributed by atoms with E-state index in [1.807, 2.05) is 35.2 Å². The van der Waals surface area contributed by atoms with E-state index < -0.39 is 0 Å². The second-order valence-electron chi connectivity index (χ2n) is 7.67. The molecule has 2 fully saturated rings. The fourth-order valence-electron chi connectivity index (χ4n) is 3.83. The molecule has 1 aliphatic heterocycles. The molecule has 1 saturated heterocycles. The van der Waals surface area contributed by atoms with Crippen molar-refractivity contribution in [3.8, 4) is 11.4 Å². The molecule has 2 heterocycles. The van der Waals surface area contributed by atoms with Gasteiger partial charge in [-0.2, -0.15) is 5.10 Å². The molecule has 2 aromatic carbocycles. The maximum Gasteiger partial charge on any atom is 0.254 e. The Bertz CT molecular complexity index is 1030. The predicted octanol–water partition coefficient (Wildman–Crippen LogP) is 3.27. The van der Waals surface area contributed by atoms with E-state index in [1.165, 1.54) is 25.0 Å². The second-order valence-corrected chi connectivity index (χ2v) is 7.67. The molecule has 1 unspecified atom stereocenters. The summed E-state index contributed by atoms with van der Waals surface area (Å²) in [5, 5.41) is 10.6. The molecule has 29 heavy (non-hydrogen) atoms. The third-order valence-corrected chi connectivity index (χ3v) is 5.59. The van der Waals surface area contributed by atoms with Crippen LogP contribution in [0.5, 0.6) is 0 Å². The second kappa shape index (κ2) is 7.40. The lowest BCUT2D eigenvalue weighted by molar-refractivity contribution is 0.0634. The zero-order valence-electron chi connectivity index (χ0n) is 15.9. The first-order valence-electron chi connectivity index (χ1n) is 9.99. The van der Waals surface area contributed by atoms with Crippen molar-refractivity contribution < 1.29 is 9.18 Å². The molecular formula is C22H22FN5O. The Morgan fingerprint density at radius 1 is 1.14 bits per heavy atom. The fraction of sp³-hybridized carbons (Fsp3) is 0.318. The van der Waals surface area contributed by atoms with Crippen LogP contribution in [0.2, 0.25) is 0 Å². The number of amides is 1. The quantitative estimate of drug-likeness (QED) is 0.716. The number of aromatic amines is 1. The molecule has 0 spiro atoms. The number of halogens is 1. The Labute approximate surface area is 168 Å². The molecule has 1 aliphatic carbocycles. The smallest absolute Gasteiger partial charge is 0.254 e. The van der Waals surface area contributed by atoms with E-state index in [1.54, 1.807) is 6.07 Å². The van der Waals surface area contributed by atoms with Gasteiger partial charge >= 0.3 is 0 Å². The molecule has 2 N–H and O–H groups in total. The van der Waals surface area contributed by atoms with Gasteiger partial charge in [0.1, 0.15) is 11.6 Å². The number of piperazine rings is 1. The van der Waals surface area contributed by atoms with Crippen LogP contribution in [-0.4, -0.2) is 45.6 Å². The number of carbonyl (C=O) groups excluding carboxylic acids is 1. The summed E-state index contributed by atoms with van der Waals surface area (Å²) in [4.78, 5) is 19.6. The molecule has 5 rings (SSSR count). The zero-order chi connectivity index (χ0) is 19.8. The molecule has 0 radical (unpaired) electrons. The van der Waals surface area contributed by atoms with Gasteiger partial charge in [0.2, 0.25) is 0 Å². The molecule has 1 saturated carbocycles. The van der Waals surface area contributed by atoms with Gasteiger partial charge in [-0.25, -0.2) is 9.37 Å². The van der Waals surface area contributed by atoms with E-state index in [2.05, 4.69) is 20.5 Å². The monoisotopic (exact) mass is 391 g/mol. The van der Waals surface area contributed by atoms with Gasteiger partial charge in [-0.15, -0.1) is 0 Å². The Hall–Kier alpha value is -3.06. The summed E-state index contributed by atoms with van der Waals surface area (Å²) < 4.78 is 13.7. The molecule has 1 amide bonds. The topological polar surface area (TPSA) is 73.9 Å². The maximum absolute atomic E-state index is 13.7. The molecule has 6 nitrogen and oxygen atoms in total. The van der Waals surface area contributed by atoms with Crippen molar-refractivity contribution in [2.45, 2.75) is 24.8 Å². The van der Waals surface area contributed by atoms with Gasteiger partial charge in [-0.3, -0.25) is 9.89 Å². The number of nitrogens with zero attached hydrogens (tertiary/aromatic N) is 3. The van der Waals surface area contributed by atoms with Crippen LogP contribution < -0.4 is 5.32 Å². The number of H-pyrrole nitrogens is 1. The Morgan fingerprint density at radius 3 is 2.72 bits per heavy atom. The summed E-state index contributed by atoms with van der Waals surface area (Å²) in [5.74, 6) is 1.78. The molecule has 7 heteroatoms. The number of carbonyl (C=O) groups is 1. The lowest BCUT2D eigenvalue weighted by Crippen LogP contribution is -2.48. The van der Waals surface area contributed by atoms with Crippen LogP contribution in [0.25, 0.3) is 11.4 Å². The van der Waals surface area contributed by atoms with Crippen LogP contribution in [0.1, 0.15) is 46.5 Å². The van der Waals surface area contributed by atoms with Crippen molar-refractivity contribution in [1.29, 1.82) is 0 Å². The van der Waals surface area contributed by atoms with Gasteiger partial charge in [0.25, 0.3) is 5.91 Å². The Kier molecular flexibility index (Phi) is 4.60. The van der Waals surface area contributed by atoms with Crippen molar-refractivity contribution in [2.75, 3.05) is 19.6 Å². The van der Waals surface area contributed by atoms with Crippen molar-refractivity contribution in [3.05, 3.63) is 71.3 Å². The first-order chi connectivity index (χ1) is 14.2. The summed E-state index contributed by atoms with van der Waals surface area (Å²) in [6.07, 6.45) is 2.33. The highest BCUT2D eigenvalue weighted by Gasteiger charge is 2.29. The maximum atomic E-state index is 13.7. The van der Waals surface area contributed by atoms with Crippen LogP contribution in [0, 0.1) is 5.82 Å². The summed E-state index contributed by atoms with van der Waals surface area (Å²) in [6, 6.07) is 13.7. The molecule has 3 aromatic rings. The number of hydrogen-bond acceptors (Lipinski definition) is 4. The van der Waals surface area contributed by atoms with Gasteiger partial charge < -0.3 is 10.2 Å². The van der Waals surface area contributed by atoms with Crippen LogP contribution in [-0.2, 0) is 0 Å². The largest absolute Gasteiger partial charge is 0.329 e. The summed E-state index contributed by atoms with van der Waals surface area (Å²) in [6.45, 7) is 1.90. The predicted molar refractivity (Wildman–Crippen MR) is 107 cm³/mol. The standard InChI is InChI=1S/C22H22FN5O/c23-18-3-1-2-17(12-18)19-13-24-10-11-28(19)22(29)16-8-6-15(7-9-16)21-25-20(26-27-21)14-4-5-14/h1-3,6-9,12,14,19,24H,4-5,10-11,13H2,(H,25,26,27). The Balaban J connectivity index is 1.36.